The Balaban J connectivity index is 1.12. The molecule has 1 heterocycles. The molecule has 3 fully saturated rings. The van der Waals surface area contributed by atoms with Crippen LogP contribution in [0, 0.1) is 51.5 Å². The van der Waals surface area contributed by atoms with Gasteiger partial charge in [-0.15, -0.1) is 0 Å². The van der Waals surface area contributed by atoms with Crippen molar-refractivity contribution >= 4 is 11.9 Å². The van der Waals surface area contributed by atoms with Gasteiger partial charge in [-0.05, 0) is 97.3 Å². The van der Waals surface area contributed by atoms with Gasteiger partial charge in [0.15, 0.2) is 12.4 Å². The number of carbonyl (C=O) groups is 2. The minimum Gasteiger partial charge on any atom is -0.619 e. The van der Waals surface area contributed by atoms with Crippen molar-refractivity contribution < 1.29 is 19.1 Å². The third-order valence-electron chi connectivity index (χ3n) is 12.4. The van der Waals surface area contributed by atoms with Gasteiger partial charge in [0.2, 0.25) is 5.91 Å². The average molecular weight is 593 g/mol. The van der Waals surface area contributed by atoms with Gasteiger partial charge in [-0.25, -0.2) is 0 Å². The smallest absolute Gasteiger partial charge is 0.306 e. The summed E-state index contributed by atoms with van der Waals surface area (Å²) in [4.78, 5) is 25.0. The number of ether oxygens (including phenoxy) is 1. The number of carbonyl (C=O) groups excluding carboxylic acids is 2. The number of hydrogen-bond donors (Lipinski definition) is 1. The van der Waals surface area contributed by atoms with Gasteiger partial charge in [0.05, 0.1) is 6.42 Å². The van der Waals surface area contributed by atoms with Crippen molar-refractivity contribution in [3.8, 4) is 0 Å². The van der Waals surface area contributed by atoms with E-state index in [1.54, 1.807) is 12.1 Å². The molecule has 0 unspecified atom stereocenters. The number of rotatable bonds is 11. The van der Waals surface area contributed by atoms with Gasteiger partial charge in [-0.1, -0.05) is 65.5 Å². The third-order valence-corrected chi connectivity index (χ3v) is 12.4. The van der Waals surface area contributed by atoms with Gasteiger partial charge in [0, 0.05) is 31.0 Å². The van der Waals surface area contributed by atoms with Gasteiger partial charge in [0.25, 0.3) is 0 Å². The van der Waals surface area contributed by atoms with Crippen LogP contribution in [0.15, 0.2) is 36.2 Å². The van der Waals surface area contributed by atoms with Crippen LogP contribution in [0.3, 0.4) is 0 Å². The first kappa shape index (κ1) is 32.0. The Hall–Kier alpha value is -2.37. The lowest BCUT2D eigenvalue weighted by Crippen LogP contribution is -2.51. The predicted molar refractivity (Wildman–Crippen MR) is 169 cm³/mol. The second-order valence-corrected chi connectivity index (χ2v) is 15.5. The molecule has 1 amide bonds. The Bertz CT molecular complexity index is 1180. The normalized spacial score (nSPS) is 34.0. The van der Waals surface area contributed by atoms with E-state index in [1.165, 1.54) is 69.3 Å². The summed E-state index contributed by atoms with van der Waals surface area (Å²) in [5.41, 5.74) is 2.98. The highest BCUT2D eigenvalue weighted by molar-refractivity contribution is 5.81. The number of esters is 1. The fourth-order valence-electron chi connectivity index (χ4n) is 10.1. The molecule has 3 saturated carbocycles. The van der Waals surface area contributed by atoms with Crippen molar-refractivity contribution in [1.82, 2.24) is 5.32 Å². The molecule has 0 aromatic carbocycles. The number of hydrogen-bond acceptors (Lipinski definition) is 4. The van der Waals surface area contributed by atoms with Gasteiger partial charge in [-0.2, -0.15) is 4.73 Å². The summed E-state index contributed by atoms with van der Waals surface area (Å²) >= 11 is 0. The minimum atomic E-state index is -0.289. The summed E-state index contributed by atoms with van der Waals surface area (Å²) in [5.74, 6) is 4.43. The molecular weight excluding hydrogens is 536 g/mol. The molecule has 0 saturated heterocycles. The highest BCUT2D eigenvalue weighted by Gasteiger charge is 2.59. The van der Waals surface area contributed by atoms with Gasteiger partial charge in [-0.3, -0.25) is 9.59 Å². The molecule has 4 aliphatic rings. The fourth-order valence-corrected chi connectivity index (χ4v) is 10.1. The van der Waals surface area contributed by atoms with Crippen LogP contribution in [0.5, 0.6) is 0 Å². The van der Waals surface area contributed by atoms with Crippen LogP contribution in [-0.4, -0.2) is 18.0 Å². The van der Waals surface area contributed by atoms with E-state index in [1.807, 2.05) is 0 Å². The van der Waals surface area contributed by atoms with E-state index in [0.717, 1.165) is 60.3 Å². The summed E-state index contributed by atoms with van der Waals surface area (Å²) < 4.78 is 6.63. The summed E-state index contributed by atoms with van der Waals surface area (Å²) in [7, 11) is 0. The van der Waals surface area contributed by atoms with Crippen LogP contribution in [-0.2, 0) is 20.9 Å². The van der Waals surface area contributed by atoms with Crippen LogP contribution >= 0.6 is 0 Å². The molecule has 0 radical (unpaired) electrons. The maximum absolute atomic E-state index is 12.7. The van der Waals surface area contributed by atoms with E-state index in [9.17, 15) is 14.8 Å². The molecule has 238 valence electrons. The van der Waals surface area contributed by atoms with E-state index in [2.05, 4.69) is 46.0 Å². The zero-order chi connectivity index (χ0) is 30.8. The van der Waals surface area contributed by atoms with Gasteiger partial charge in [0.1, 0.15) is 6.10 Å². The first-order chi connectivity index (χ1) is 20.5. The standard InChI is InChI=1S/C37H56N2O4/c1-25(2)8-6-9-26(3)31-13-14-32-30-12-11-28-22-29(17-19-36(28,4)33(30)18-20-37(31,32)5)43-35(41)16-15-34(40)38-23-27-10-7-21-39(42)24-27/h7,10-11,21,24-26,29-33H,6,8-9,12-20,22-23H2,1-5H3,(H,38,40)/t26-,29+,30+,31-,32+,33+,36+,37-/m1/s1. The monoisotopic (exact) mass is 592 g/mol. The average Bonchev–Trinajstić information content (AvgIpc) is 3.32. The van der Waals surface area contributed by atoms with Crippen molar-refractivity contribution in [2.45, 2.75) is 131 Å². The number of nitrogens with zero attached hydrogens (tertiary/aromatic N) is 1. The molecule has 6 nitrogen and oxygen atoms in total. The lowest BCUT2D eigenvalue weighted by Gasteiger charge is -2.58. The molecule has 5 rings (SSSR count). The van der Waals surface area contributed by atoms with Crippen LogP contribution in [0.2, 0.25) is 0 Å². The molecule has 0 aliphatic heterocycles. The second kappa shape index (κ2) is 13.3. The zero-order valence-electron chi connectivity index (χ0n) is 27.4. The number of pyridine rings is 1. The van der Waals surface area contributed by atoms with Crippen molar-refractivity contribution in [2.24, 2.45) is 46.3 Å². The molecule has 1 N–H and O–H groups in total. The van der Waals surface area contributed by atoms with Crippen molar-refractivity contribution in [3.63, 3.8) is 0 Å². The van der Waals surface area contributed by atoms with Gasteiger partial charge >= 0.3 is 5.97 Å². The van der Waals surface area contributed by atoms with E-state index in [4.69, 9.17) is 4.74 Å². The summed E-state index contributed by atoms with van der Waals surface area (Å²) in [6.45, 7) is 12.7. The number of allylic oxidation sites excluding steroid dienone is 1. The Morgan fingerprint density at radius 1 is 1.07 bits per heavy atom. The Morgan fingerprint density at radius 2 is 1.88 bits per heavy atom. The largest absolute Gasteiger partial charge is 0.619 e. The molecule has 1 aromatic heterocycles. The fraction of sp³-hybridized carbons (Fsp3) is 0.757. The minimum absolute atomic E-state index is 0.0804. The molecule has 8 atom stereocenters. The second-order valence-electron chi connectivity index (χ2n) is 15.5. The van der Waals surface area contributed by atoms with Crippen LogP contribution in [0.1, 0.15) is 124 Å². The van der Waals surface area contributed by atoms with Crippen molar-refractivity contribution in [2.75, 3.05) is 0 Å². The van der Waals surface area contributed by atoms with Crippen LogP contribution in [0.4, 0.5) is 0 Å². The summed E-state index contributed by atoms with van der Waals surface area (Å²) in [5, 5.41) is 14.2. The topological polar surface area (TPSA) is 82.3 Å². The first-order valence-electron chi connectivity index (χ1n) is 17.3. The Labute approximate surface area is 260 Å². The van der Waals surface area contributed by atoms with Crippen LogP contribution in [0.25, 0.3) is 0 Å². The van der Waals surface area contributed by atoms with Crippen molar-refractivity contribution in [3.05, 3.63) is 46.9 Å². The molecule has 6 heteroatoms. The van der Waals surface area contributed by atoms with E-state index >= 15 is 0 Å². The Morgan fingerprint density at radius 3 is 2.65 bits per heavy atom. The SMILES string of the molecule is CC(C)CCC[C@@H](C)[C@H]1CC[C@H]2[C@@H]3CC=C4C[C@@H](OC(=O)CCC(=O)NCc5ccc[n+]([O-])c5)CC[C@]4(C)[C@H]3CC[C@]12C. The zero-order valence-corrected chi connectivity index (χ0v) is 27.4. The van der Waals surface area contributed by atoms with E-state index in [-0.39, 0.29) is 42.8 Å². The molecule has 0 bridgehead atoms. The van der Waals surface area contributed by atoms with E-state index in [0.29, 0.717) is 10.1 Å². The highest BCUT2D eigenvalue weighted by atomic mass is 16.5. The maximum Gasteiger partial charge on any atom is 0.306 e. The number of nitrogens with one attached hydrogen (secondary N) is 1. The lowest BCUT2D eigenvalue weighted by molar-refractivity contribution is -0.605. The molecule has 1 aromatic rings. The predicted octanol–water partition coefficient (Wildman–Crippen LogP) is 7.67. The lowest BCUT2D eigenvalue weighted by atomic mass is 9.47. The van der Waals surface area contributed by atoms with E-state index < -0.39 is 0 Å². The molecule has 0 spiro atoms. The number of aromatic nitrogens is 1. The summed E-state index contributed by atoms with van der Waals surface area (Å²) in [6.07, 6.45) is 19.2. The maximum atomic E-state index is 12.7. The number of fused-ring (bicyclic) bond motifs is 5. The third kappa shape index (κ3) is 6.99. The highest BCUT2D eigenvalue weighted by Crippen LogP contribution is 2.67. The van der Waals surface area contributed by atoms with Crippen LogP contribution < -0.4 is 10.0 Å². The molecule has 4 aliphatic carbocycles. The summed E-state index contributed by atoms with van der Waals surface area (Å²) in [6, 6.07) is 3.43. The Kier molecular flexibility index (Phi) is 9.92. The quantitative estimate of drug-likeness (QED) is 0.124. The molecular formula is C37H56N2O4. The van der Waals surface area contributed by atoms with Crippen molar-refractivity contribution in [1.29, 1.82) is 0 Å². The van der Waals surface area contributed by atoms with Gasteiger partial charge < -0.3 is 15.3 Å². The number of amides is 1. The molecule has 43 heavy (non-hydrogen) atoms. The first-order valence-corrected chi connectivity index (χ1v) is 17.3.